The Morgan fingerprint density at radius 1 is 1.12 bits per heavy atom. The van der Waals surface area contributed by atoms with Gasteiger partial charge in [-0.2, -0.15) is 0 Å². The van der Waals surface area contributed by atoms with Crippen LogP contribution in [0.3, 0.4) is 0 Å². The number of anilines is 2. The third-order valence-corrected chi connectivity index (χ3v) is 7.43. The highest BCUT2D eigenvalue weighted by molar-refractivity contribution is 5.95. The van der Waals surface area contributed by atoms with E-state index in [0.29, 0.717) is 31.1 Å². The van der Waals surface area contributed by atoms with E-state index in [4.69, 9.17) is 24.7 Å². The first-order valence-corrected chi connectivity index (χ1v) is 13.5. The summed E-state index contributed by atoms with van der Waals surface area (Å²) in [6.45, 7) is 4.47. The van der Waals surface area contributed by atoms with E-state index in [1.54, 1.807) is 26.1 Å². The molecule has 42 heavy (non-hydrogen) atoms. The van der Waals surface area contributed by atoms with E-state index in [0.717, 1.165) is 21.6 Å². The molecule has 14 nitrogen and oxygen atoms in total. The summed E-state index contributed by atoms with van der Waals surface area (Å²) < 4.78 is 20.3. The van der Waals surface area contributed by atoms with E-state index >= 15 is 0 Å². The van der Waals surface area contributed by atoms with E-state index < -0.39 is 55.1 Å². The molecule has 14 heteroatoms. The molecule has 2 fully saturated rings. The lowest BCUT2D eigenvalue weighted by Crippen LogP contribution is -2.46. The zero-order chi connectivity index (χ0) is 30.1. The number of nitrogens with two attached hydrogens (primary N) is 1. The molecule has 0 radical (unpaired) electrons. The third kappa shape index (κ3) is 5.57. The van der Waals surface area contributed by atoms with E-state index in [-0.39, 0.29) is 12.5 Å². The summed E-state index contributed by atoms with van der Waals surface area (Å²) in [4.78, 5) is 69.7. The molecule has 0 spiro atoms. The van der Waals surface area contributed by atoms with Crippen molar-refractivity contribution < 1.29 is 42.9 Å². The van der Waals surface area contributed by atoms with Gasteiger partial charge in [-0.05, 0) is 47.7 Å². The van der Waals surface area contributed by atoms with Crippen LogP contribution in [0.15, 0.2) is 36.5 Å². The number of carbonyl (C=O) groups excluding carboxylic acids is 5. The van der Waals surface area contributed by atoms with Crippen molar-refractivity contribution in [3.63, 3.8) is 0 Å². The number of hydrogen-bond acceptors (Lipinski definition) is 11. The first-order chi connectivity index (χ1) is 20.0. The van der Waals surface area contributed by atoms with Crippen molar-refractivity contribution >= 4 is 41.7 Å². The summed E-state index contributed by atoms with van der Waals surface area (Å²) in [5.41, 5.74) is 8.96. The van der Waals surface area contributed by atoms with Gasteiger partial charge < -0.3 is 24.7 Å². The smallest absolute Gasteiger partial charge is 0.419 e. The van der Waals surface area contributed by atoms with Crippen molar-refractivity contribution in [3.8, 4) is 11.1 Å². The lowest BCUT2D eigenvalue weighted by molar-refractivity contribution is -0.155. The van der Waals surface area contributed by atoms with Crippen LogP contribution >= 0.6 is 0 Å². The molecular formula is C28H31N5O9. The Morgan fingerprint density at radius 3 is 2.52 bits per heavy atom. The Balaban J connectivity index is 1.24. The van der Waals surface area contributed by atoms with Crippen LogP contribution in [0.2, 0.25) is 0 Å². The molecule has 1 aromatic carbocycles. The average Bonchev–Trinajstić information content (AvgIpc) is 3.65. The molecule has 3 aliphatic heterocycles. The van der Waals surface area contributed by atoms with Gasteiger partial charge in [0.2, 0.25) is 12.7 Å². The molecule has 3 aliphatic rings. The molecule has 4 heterocycles. The molecule has 3 atom stereocenters. The number of nitrogens with zero attached hydrogens (tertiary/aromatic N) is 4. The number of benzene rings is 1. The average molecular weight is 582 g/mol. The summed E-state index contributed by atoms with van der Waals surface area (Å²) in [5.74, 6) is -1.04. The number of fused-ring (bicyclic) bond motifs is 3. The summed E-state index contributed by atoms with van der Waals surface area (Å²) in [6.07, 6.45) is -0.785. The maximum absolute atomic E-state index is 12.8. The predicted octanol–water partition coefficient (Wildman–Crippen LogP) is 2.42. The van der Waals surface area contributed by atoms with Crippen LogP contribution in [-0.2, 0) is 35.0 Å². The molecule has 5 rings (SSSR count). The van der Waals surface area contributed by atoms with Gasteiger partial charge in [0.25, 0.3) is 0 Å². The third-order valence-electron chi connectivity index (χ3n) is 7.43. The quantitative estimate of drug-likeness (QED) is 0.276. The van der Waals surface area contributed by atoms with E-state index in [1.165, 1.54) is 16.7 Å². The van der Waals surface area contributed by atoms with Crippen molar-refractivity contribution in [2.75, 3.05) is 36.3 Å². The van der Waals surface area contributed by atoms with Crippen LogP contribution in [0.1, 0.15) is 26.3 Å². The molecule has 2 N–H and O–H groups in total. The van der Waals surface area contributed by atoms with Gasteiger partial charge in [0.1, 0.15) is 24.6 Å². The minimum Gasteiger partial charge on any atom is -0.447 e. The molecular weight excluding hydrogens is 550 g/mol. The highest BCUT2D eigenvalue weighted by atomic mass is 16.7. The summed E-state index contributed by atoms with van der Waals surface area (Å²) in [6, 6.07) is 7.88. The molecule has 0 saturated carbocycles. The van der Waals surface area contributed by atoms with Crippen LogP contribution in [-0.4, -0.2) is 84.7 Å². The highest BCUT2D eigenvalue weighted by Gasteiger charge is 2.49. The van der Waals surface area contributed by atoms with E-state index in [1.807, 2.05) is 24.3 Å². The monoisotopic (exact) mass is 581 g/mol. The van der Waals surface area contributed by atoms with Crippen LogP contribution in [0.4, 0.5) is 25.9 Å². The van der Waals surface area contributed by atoms with Gasteiger partial charge in [-0.3, -0.25) is 19.4 Å². The second kappa shape index (κ2) is 11.6. The minimum atomic E-state index is -1.04. The lowest BCUT2D eigenvalue weighted by atomic mass is 10.0. The van der Waals surface area contributed by atoms with Gasteiger partial charge >= 0.3 is 24.2 Å². The van der Waals surface area contributed by atoms with Crippen LogP contribution in [0.5, 0.6) is 0 Å². The maximum atomic E-state index is 12.8. The van der Waals surface area contributed by atoms with Gasteiger partial charge in [0.15, 0.2) is 0 Å². The fourth-order valence-corrected chi connectivity index (χ4v) is 5.03. The molecule has 2 saturated heterocycles. The van der Waals surface area contributed by atoms with Gasteiger partial charge in [-0.15, -0.1) is 0 Å². The van der Waals surface area contributed by atoms with Gasteiger partial charge in [0.05, 0.1) is 24.8 Å². The van der Waals surface area contributed by atoms with Crippen molar-refractivity contribution in [2.45, 2.75) is 45.4 Å². The highest BCUT2D eigenvalue weighted by Crippen LogP contribution is 2.41. The largest absolute Gasteiger partial charge is 0.447 e. The molecule has 2 aromatic rings. The molecule has 1 unspecified atom stereocenters. The number of aromatic nitrogens is 1. The van der Waals surface area contributed by atoms with Crippen LogP contribution in [0, 0.1) is 5.92 Å². The van der Waals surface area contributed by atoms with Crippen molar-refractivity contribution in [3.05, 3.63) is 42.1 Å². The number of carbonyl (C=O) groups is 5. The molecule has 0 aliphatic carbocycles. The molecule has 4 amide bonds. The second-order valence-corrected chi connectivity index (χ2v) is 10.5. The Bertz CT molecular complexity index is 1410. The Kier molecular flexibility index (Phi) is 7.98. The predicted molar refractivity (Wildman–Crippen MR) is 146 cm³/mol. The van der Waals surface area contributed by atoms with Gasteiger partial charge in [-0.1, -0.05) is 19.9 Å². The number of esters is 1. The number of cyclic esters (lactones) is 2. The second-order valence-electron chi connectivity index (χ2n) is 10.5. The zero-order valence-electron chi connectivity index (χ0n) is 23.3. The number of amides is 4. The normalized spacial score (nSPS) is 19.6. The summed E-state index contributed by atoms with van der Waals surface area (Å²) in [7, 11) is 0. The summed E-state index contributed by atoms with van der Waals surface area (Å²) >= 11 is 0. The van der Waals surface area contributed by atoms with Gasteiger partial charge in [0, 0.05) is 18.7 Å². The Morgan fingerprint density at radius 2 is 1.88 bits per heavy atom. The summed E-state index contributed by atoms with van der Waals surface area (Å²) in [5, 5.41) is 0. The fourth-order valence-electron chi connectivity index (χ4n) is 5.03. The Hall–Kier alpha value is -4.72. The molecule has 0 bridgehead atoms. The molecule has 222 valence electrons. The Labute approximate surface area is 241 Å². The number of pyridine rings is 1. The molecule has 1 aromatic heterocycles. The van der Waals surface area contributed by atoms with E-state index in [2.05, 4.69) is 4.98 Å². The topological polar surface area (TPSA) is 171 Å². The van der Waals surface area contributed by atoms with Gasteiger partial charge in [-0.25, -0.2) is 24.3 Å². The van der Waals surface area contributed by atoms with Crippen molar-refractivity contribution in [1.29, 1.82) is 0 Å². The number of hydrogen-bond donors (Lipinski definition) is 1. The number of ether oxygens (including phenoxy) is 4. The lowest BCUT2D eigenvalue weighted by Gasteiger charge is -2.24. The van der Waals surface area contributed by atoms with Crippen molar-refractivity contribution in [1.82, 2.24) is 9.88 Å². The standard InChI is InChI=1S/C28H31N5O9/c1-15(2)24(29)25(35)40-14-41-27(37)32(16(3)34)13-22-21-11-19-10-17(4-6-20(19)33(21)28(38)42-22)18-5-7-23(30-12-18)31-8-9-39-26(31)36/h4-7,10,12,15,21-22,24H,8-9,11,13-14,29H2,1-3H3/t21-,22-,24?/m0/s1. The van der Waals surface area contributed by atoms with Crippen LogP contribution < -0.4 is 15.5 Å². The number of imide groups is 1. The van der Waals surface area contributed by atoms with Crippen molar-refractivity contribution in [2.24, 2.45) is 11.7 Å². The minimum absolute atomic E-state index is 0.173. The fraction of sp³-hybridized carbons (Fsp3) is 0.429. The van der Waals surface area contributed by atoms with E-state index in [9.17, 15) is 24.0 Å². The maximum Gasteiger partial charge on any atom is 0.419 e. The van der Waals surface area contributed by atoms with Crippen LogP contribution in [0.25, 0.3) is 11.1 Å². The zero-order valence-corrected chi connectivity index (χ0v) is 23.3. The number of rotatable bonds is 8. The first-order valence-electron chi connectivity index (χ1n) is 13.5. The SMILES string of the molecule is CC(=O)N(C[C@@H]1OC(=O)N2c3ccc(-c4ccc(N5CCOC5=O)nc4)cc3C[C@@H]12)C(=O)OCOC(=O)C(N)C(C)C. The first kappa shape index (κ1) is 28.8.